The molecular weight excluding hydrogens is 240 g/mol. The molecule has 0 aliphatic heterocycles. The Kier molecular flexibility index (Phi) is 4.75. The van der Waals surface area contributed by atoms with Crippen LogP contribution in [0.5, 0.6) is 0 Å². The molecule has 0 saturated heterocycles. The van der Waals surface area contributed by atoms with Gasteiger partial charge in [0.1, 0.15) is 0 Å². The van der Waals surface area contributed by atoms with Crippen molar-refractivity contribution in [2.75, 3.05) is 0 Å². The summed E-state index contributed by atoms with van der Waals surface area (Å²) in [6.07, 6.45) is 3.61. The van der Waals surface area contributed by atoms with Crippen molar-refractivity contribution in [3.05, 3.63) is 35.2 Å². The maximum absolute atomic E-state index is 5.75. The fourth-order valence-corrected chi connectivity index (χ4v) is 3.58. The zero-order chi connectivity index (χ0) is 13.0. The highest BCUT2D eigenvalue weighted by atomic mass is 32.1. The fourth-order valence-electron chi connectivity index (χ4n) is 2.57. The first-order chi connectivity index (χ1) is 8.76. The van der Waals surface area contributed by atoms with Crippen LogP contribution < -0.4 is 11.3 Å². The lowest BCUT2D eigenvalue weighted by atomic mass is 9.93. The summed E-state index contributed by atoms with van der Waals surface area (Å²) in [6.45, 7) is 4.55. The van der Waals surface area contributed by atoms with E-state index in [0.29, 0.717) is 5.92 Å². The average molecular weight is 262 g/mol. The Morgan fingerprint density at radius 2 is 2.11 bits per heavy atom. The molecule has 1 aromatic heterocycles. The Balaban J connectivity index is 2.21. The standard InChI is InChI=1S/C15H22N2S/c1-3-6-11(2)9-14(17-16)13-10-18-15-8-5-4-7-12(13)15/h4-5,7-8,10-11,14,17H,3,6,9,16H2,1-2H3. The molecule has 0 aliphatic carbocycles. The molecule has 1 aromatic carbocycles. The summed E-state index contributed by atoms with van der Waals surface area (Å²) in [5, 5.41) is 3.59. The number of fused-ring (bicyclic) bond motifs is 1. The van der Waals surface area contributed by atoms with Crippen LogP contribution in [0.15, 0.2) is 29.6 Å². The second-order valence-corrected chi connectivity index (χ2v) is 5.95. The number of hydrogen-bond donors (Lipinski definition) is 2. The molecule has 2 atom stereocenters. The van der Waals surface area contributed by atoms with Crippen LogP contribution in [0.3, 0.4) is 0 Å². The van der Waals surface area contributed by atoms with E-state index in [9.17, 15) is 0 Å². The third-order valence-corrected chi connectivity index (χ3v) is 4.49. The summed E-state index contributed by atoms with van der Waals surface area (Å²) in [5.74, 6) is 6.46. The first-order valence-corrected chi connectivity index (χ1v) is 7.56. The average Bonchev–Trinajstić information content (AvgIpc) is 2.80. The third kappa shape index (κ3) is 2.91. The van der Waals surface area contributed by atoms with Crippen LogP contribution in [-0.4, -0.2) is 0 Å². The number of benzene rings is 1. The van der Waals surface area contributed by atoms with E-state index in [-0.39, 0.29) is 6.04 Å². The van der Waals surface area contributed by atoms with E-state index in [2.05, 4.69) is 48.9 Å². The van der Waals surface area contributed by atoms with Gasteiger partial charge < -0.3 is 0 Å². The molecule has 2 rings (SSSR count). The van der Waals surface area contributed by atoms with Crippen LogP contribution >= 0.6 is 11.3 Å². The van der Waals surface area contributed by atoms with E-state index in [1.165, 1.54) is 28.5 Å². The SMILES string of the molecule is CCCC(C)CC(NN)c1csc2ccccc12. The highest BCUT2D eigenvalue weighted by Crippen LogP contribution is 2.33. The smallest absolute Gasteiger partial charge is 0.0476 e. The number of rotatable bonds is 6. The lowest BCUT2D eigenvalue weighted by Crippen LogP contribution is -2.29. The number of hydrogen-bond acceptors (Lipinski definition) is 3. The molecule has 0 amide bonds. The van der Waals surface area contributed by atoms with E-state index < -0.39 is 0 Å². The number of nitrogens with two attached hydrogens (primary N) is 1. The molecule has 98 valence electrons. The molecule has 0 fully saturated rings. The summed E-state index contributed by atoms with van der Waals surface area (Å²) in [6, 6.07) is 8.82. The van der Waals surface area contributed by atoms with Gasteiger partial charge in [-0.1, -0.05) is 44.9 Å². The molecule has 1 heterocycles. The minimum absolute atomic E-state index is 0.266. The minimum atomic E-state index is 0.266. The van der Waals surface area contributed by atoms with Gasteiger partial charge >= 0.3 is 0 Å². The molecule has 0 radical (unpaired) electrons. The fraction of sp³-hybridized carbons (Fsp3) is 0.467. The van der Waals surface area contributed by atoms with Gasteiger partial charge in [0.2, 0.25) is 0 Å². The normalized spacial score (nSPS) is 14.8. The van der Waals surface area contributed by atoms with Gasteiger partial charge in [-0.3, -0.25) is 11.3 Å². The third-order valence-electron chi connectivity index (χ3n) is 3.51. The van der Waals surface area contributed by atoms with Crippen LogP contribution in [0, 0.1) is 5.92 Å². The van der Waals surface area contributed by atoms with E-state index in [1.54, 1.807) is 11.3 Å². The second-order valence-electron chi connectivity index (χ2n) is 5.04. The van der Waals surface area contributed by atoms with Gasteiger partial charge in [0.25, 0.3) is 0 Å². The maximum atomic E-state index is 5.75. The van der Waals surface area contributed by atoms with Crippen LogP contribution in [0.25, 0.3) is 10.1 Å². The Morgan fingerprint density at radius 1 is 1.33 bits per heavy atom. The molecule has 2 nitrogen and oxygen atoms in total. The van der Waals surface area contributed by atoms with Crippen molar-refractivity contribution in [3.63, 3.8) is 0 Å². The summed E-state index contributed by atoms with van der Waals surface area (Å²) in [4.78, 5) is 0. The highest BCUT2D eigenvalue weighted by molar-refractivity contribution is 7.17. The summed E-state index contributed by atoms with van der Waals surface area (Å²) >= 11 is 1.80. The van der Waals surface area contributed by atoms with Crippen molar-refractivity contribution in [2.45, 2.75) is 39.2 Å². The summed E-state index contributed by atoms with van der Waals surface area (Å²) < 4.78 is 1.34. The van der Waals surface area contributed by atoms with Gasteiger partial charge in [0, 0.05) is 10.7 Å². The van der Waals surface area contributed by atoms with Crippen molar-refractivity contribution in [2.24, 2.45) is 11.8 Å². The van der Waals surface area contributed by atoms with Gasteiger partial charge in [-0.15, -0.1) is 11.3 Å². The van der Waals surface area contributed by atoms with Crippen molar-refractivity contribution in [1.82, 2.24) is 5.43 Å². The molecular formula is C15H22N2S. The van der Waals surface area contributed by atoms with E-state index in [0.717, 1.165) is 6.42 Å². The second kappa shape index (κ2) is 6.32. The van der Waals surface area contributed by atoms with Crippen LogP contribution in [0.1, 0.15) is 44.7 Å². The Hall–Kier alpha value is -0.900. The highest BCUT2D eigenvalue weighted by Gasteiger charge is 2.17. The predicted molar refractivity (Wildman–Crippen MR) is 80.6 cm³/mol. The molecule has 0 bridgehead atoms. The topological polar surface area (TPSA) is 38.0 Å². The van der Waals surface area contributed by atoms with Gasteiger partial charge in [-0.05, 0) is 34.7 Å². The molecule has 0 spiro atoms. The van der Waals surface area contributed by atoms with Gasteiger partial charge in [0.15, 0.2) is 0 Å². The van der Waals surface area contributed by atoms with Crippen LogP contribution in [0.2, 0.25) is 0 Å². The lowest BCUT2D eigenvalue weighted by molar-refractivity contribution is 0.396. The van der Waals surface area contributed by atoms with Gasteiger partial charge in [0.05, 0.1) is 0 Å². The molecule has 2 unspecified atom stereocenters. The van der Waals surface area contributed by atoms with E-state index >= 15 is 0 Å². The van der Waals surface area contributed by atoms with Crippen molar-refractivity contribution in [3.8, 4) is 0 Å². The van der Waals surface area contributed by atoms with Gasteiger partial charge in [-0.25, -0.2) is 0 Å². The molecule has 0 aliphatic rings. The van der Waals surface area contributed by atoms with Gasteiger partial charge in [-0.2, -0.15) is 0 Å². The Labute approximate surface area is 113 Å². The largest absolute Gasteiger partial charge is 0.271 e. The lowest BCUT2D eigenvalue weighted by Gasteiger charge is -2.19. The molecule has 3 N–H and O–H groups in total. The van der Waals surface area contributed by atoms with Crippen molar-refractivity contribution < 1.29 is 0 Å². The van der Waals surface area contributed by atoms with E-state index in [4.69, 9.17) is 5.84 Å². The summed E-state index contributed by atoms with van der Waals surface area (Å²) in [5.41, 5.74) is 4.34. The van der Waals surface area contributed by atoms with Crippen LogP contribution in [0.4, 0.5) is 0 Å². The number of hydrazine groups is 1. The Morgan fingerprint density at radius 3 is 2.83 bits per heavy atom. The molecule has 2 aromatic rings. The quantitative estimate of drug-likeness (QED) is 0.604. The minimum Gasteiger partial charge on any atom is -0.271 e. The maximum Gasteiger partial charge on any atom is 0.0476 e. The molecule has 18 heavy (non-hydrogen) atoms. The first kappa shape index (κ1) is 13.5. The zero-order valence-electron chi connectivity index (χ0n) is 11.1. The summed E-state index contributed by atoms with van der Waals surface area (Å²) in [7, 11) is 0. The van der Waals surface area contributed by atoms with Crippen molar-refractivity contribution in [1.29, 1.82) is 0 Å². The number of nitrogens with one attached hydrogen (secondary N) is 1. The number of thiophene rings is 1. The first-order valence-electron chi connectivity index (χ1n) is 6.68. The predicted octanol–water partition coefficient (Wildman–Crippen LogP) is 4.23. The Bertz CT molecular complexity index is 492. The van der Waals surface area contributed by atoms with E-state index in [1.807, 2.05) is 0 Å². The zero-order valence-corrected chi connectivity index (χ0v) is 12.0. The monoisotopic (exact) mass is 262 g/mol. The molecule has 3 heteroatoms. The van der Waals surface area contributed by atoms with Crippen LogP contribution in [-0.2, 0) is 0 Å². The molecule has 0 saturated carbocycles. The van der Waals surface area contributed by atoms with Crippen molar-refractivity contribution >= 4 is 21.4 Å².